The molecule has 0 aromatic heterocycles. The Balaban J connectivity index is 1.71. The van der Waals surface area contributed by atoms with Gasteiger partial charge in [-0.05, 0) is 85.7 Å². The van der Waals surface area contributed by atoms with Crippen molar-refractivity contribution in [1.82, 2.24) is 4.90 Å². The normalized spacial score (nSPS) is 19.4. The summed E-state index contributed by atoms with van der Waals surface area (Å²) in [5.74, 6) is 0.719. The molecule has 0 fully saturated rings. The number of carbonyl (C=O) groups is 1. The van der Waals surface area contributed by atoms with E-state index in [0.717, 1.165) is 47.5 Å². The summed E-state index contributed by atoms with van der Waals surface area (Å²) in [6.07, 6.45) is 8.82. The second kappa shape index (κ2) is 10.3. The van der Waals surface area contributed by atoms with E-state index >= 15 is 0 Å². The molecular weight excluding hydrogens is 422 g/mol. The molecule has 2 atom stereocenters. The molecule has 178 valence electrons. The van der Waals surface area contributed by atoms with Crippen LogP contribution < -0.4 is 9.64 Å². The number of aliphatic imine (C=N–C) groups is 1. The van der Waals surface area contributed by atoms with Gasteiger partial charge in [-0.15, -0.1) is 0 Å². The monoisotopic (exact) mass is 457 g/mol. The summed E-state index contributed by atoms with van der Waals surface area (Å²) in [5, 5.41) is 0. The highest BCUT2D eigenvalue weighted by Crippen LogP contribution is 2.36. The predicted molar refractivity (Wildman–Crippen MR) is 140 cm³/mol. The second-order valence-electron chi connectivity index (χ2n) is 9.45. The van der Waals surface area contributed by atoms with Gasteiger partial charge in [0.25, 0.3) is 0 Å². The number of methoxy groups -OCH3 is 1. The van der Waals surface area contributed by atoms with E-state index in [9.17, 15) is 4.79 Å². The lowest BCUT2D eigenvalue weighted by atomic mass is 9.81. The van der Waals surface area contributed by atoms with Crippen LogP contribution in [0.2, 0.25) is 0 Å². The van der Waals surface area contributed by atoms with Crippen molar-refractivity contribution in [2.75, 3.05) is 26.1 Å². The Labute approximate surface area is 203 Å². The minimum absolute atomic E-state index is 0.102. The van der Waals surface area contributed by atoms with Crippen molar-refractivity contribution in [3.63, 3.8) is 0 Å². The topological polar surface area (TPSA) is 45.1 Å². The summed E-state index contributed by atoms with van der Waals surface area (Å²) < 4.78 is 5.48. The number of hydrogen-bond donors (Lipinski definition) is 0. The number of carbonyl (C=O) groups excluding carboxylic acids is 1. The average molecular weight is 458 g/mol. The van der Waals surface area contributed by atoms with Crippen molar-refractivity contribution in [1.29, 1.82) is 0 Å². The van der Waals surface area contributed by atoms with E-state index in [-0.39, 0.29) is 17.9 Å². The average Bonchev–Trinajstić information content (AvgIpc) is 3.02. The van der Waals surface area contributed by atoms with Gasteiger partial charge >= 0.3 is 0 Å². The van der Waals surface area contributed by atoms with Gasteiger partial charge in [0, 0.05) is 26.0 Å². The van der Waals surface area contributed by atoms with Gasteiger partial charge in [0.15, 0.2) is 0 Å². The first-order chi connectivity index (χ1) is 16.4. The first kappa shape index (κ1) is 23.8. The van der Waals surface area contributed by atoms with Gasteiger partial charge in [0.1, 0.15) is 5.75 Å². The number of amides is 1. The minimum atomic E-state index is -0.194. The zero-order valence-corrected chi connectivity index (χ0v) is 20.9. The minimum Gasteiger partial charge on any atom is -0.497 e. The van der Waals surface area contributed by atoms with Crippen molar-refractivity contribution in [2.24, 2.45) is 4.99 Å². The molecular formula is C29H35N3O2. The number of allylic oxidation sites excluding steroid dienone is 3. The zero-order chi connectivity index (χ0) is 24.2. The molecule has 1 heterocycles. The Kier molecular flexibility index (Phi) is 7.20. The van der Waals surface area contributed by atoms with E-state index in [1.165, 1.54) is 11.1 Å². The maximum Gasteiger partial charge on any atom is 0.234 e. The van der Waals surface area contributed by atoms with Gasteiger partial charge in [-0.25, -0.2) is 0 Å². The van der Waals surface area contributed by atoms with E-state index in [2.05, 4.69) is 55.2 Å². The maximum absolute atomic E-state index is 14.2. The van der Waals surface area contributed by atoms with Gasteiger partial charge in [0.05, 0.1) is 31.3 Å². The highest BCUT2D eigenvalue weighted by Gasteiger charge is 2.32. The van der Waals surface area contributed by atoms with Crippen LogP contribution in [0.5, 0.6) is 5.75 Å². The molecule has 5 nitrogen and oxygen atoms in total. The fourth-order valence-corrected chi connectivity index (χ4v) is 4.59. The van der Waals surface area contributed by atoms with E-state index in [1.54, 1.807) is 7.11 Å². The summed E-state index contributed by atoms with van der Waals surface area (Å²) in [6.45, 7) is 4.66. The maximum atomic E-state index is 14.2. The Hall–Kier alpha value is -3.34. The van der Waals surface area contributed by atoms with E-state index in [1.807, 2.05) is 43.4 Å². The first-order valence-electron chi connectivity index (χ1n) is 12.0. The molecule has 1 aliphatic carbocycles. The number of rotatable bonds is 6. The number of benzene rings is 2. The molecule has 1 aliphatic heterocycles. The Morgan fingerprint density at radius 1 is 1.12 bits per heavy atom. The smallest absolute Gasteiger partial charge is 0.234 e. The molecule has 2 aliphatic rings. The fraction of sp³-hybridized carbons (Fsp3) is 0.379. The fourth-order valence-electron chi connectivity index (χ4n) is 4.59. The number of anilines is 1. The zero-order valence-electron chi connectivity index (χ0n) is 20.9. The van der Waals surface area contributed by atoms with Crippen molar-refractivity contribution >= 4 is 17.8 Å². The highest BCUT2D eigenvalue weighted by atomic mass is 16.5. The van der Waals surface area contributed by atoms with Crippen LogP contribution in [0.25, 0.3) is 0 Å². The molecule has 1 amide bonds. The third-order valence-electron chi connectivity index (χ3n) is 6.94. The third kappa shape index (κ3) is 5.09. The van der Waals surface area contributed by atoms with E-state index < -0.39 is 0 Å². The van der Waals surface area contributed by atoms with Gasteiger partial charge in [-0.3, -0.25) is 9.79 Å². The molecule has 0 N–H and O–H groups in total. The summed E-state index contributed by atoms with van der Waals surface area (Å²) >= 11 is 0. The summed E-state index contributed by atoms with van der Waals surface area (Å²) in [7, 11) is 5.73. The summed E-state index contributed by atoms with van der Waals surface area (Å²) in [4.78, 5) is 22.9. The number of fused-ring (bicyclic) bond motifs is 1. The standard InChI is InChI=1S/C29H35N3O2/c1-20-9-13-25(18-30-21(20)2)32(19-22-10-14-24(15-11-22)31(3)4)29(33)27-8-6-7-23-12-16-26(34-5)17-28(23)27/h9-18,21,27H,6-8,19H2,1-5H3. The molecule has 34 heavy (non-hydrogen) atoms. The SMILES string of the molecule is COc1ccc2c(c1)C(C(=O)N(Cc1ccc(N(C)C)cc1)C1=CC=C(C)C(C)N=C1)CCC2. The molecule has 5 heteroatoms. The number of ether oxygens (including phenoxy) is 1. The largest absolute Gasteiger partial charge is 0.497 e. The molecule has 4 rings (SSSR count). The Bertz CT molecular complexity index is 1130. The van der Waals surface area contributed by atoms with E-state index in [0.29, 0.717) is 6.54 Å². The lowest BCUT2D eigenvalue weighted by molar-refractivity contribution is -0.131. The lowest BCUT2D eigenvalue weighted by Gasteiger charge is -2.31. The lowest BCUT2D eigenvalue weighted by Crippen LogP contribution is -2.36. The van der Waals surface area contributed by atoms with Crippen LogP contribution in [0, 0.1) is 0 Å². The van der Waals surface area contributed by atoms with Crippen LogP contribution in [0.3, 0.4) is 0 Å². The van der Waals surface area contributed by atoms with Crippen LogP contribution >= 0.6 is 0 Å². The van der Waals surface area contributed by atoms with Gasteiger partial charge in [-0.2, -0.15) is 0 Å². The molecule has 2 aromatic carbocycles. The van der Waals surface area contributed by atoms with Crippen LogP contribution in [0.4, 0.5) is 5.69 Å². The second-order valence-corrected chi connectivity index (χ2v) is 9.45. The number of nitrogens with zero attached hydrogens (tertiary/aromatic N) is 3. The van der Waals surface area contributed by atoms with Crippen LogP contribution in [0.15, 0.2) is 70.9 Å². The van der Waals surface area contributed by atoms with Crippen molar-refractivity contribution in [3.05, 3.63) is 82.6 Å². The molecule has 0 saturated heterocycles. The van der Waals surface area contributed by atoms with Crippen LogP contribution in [-0.2, 0) is 17.8 Å². The predicted octanol–water partition coefficient (Wildman–Crippen LogP) is 5.51. The number of hydrogen-bond acceptors (Lipinski definition) is 4. The molecule has 0 radical (unpaired) electrons. The highest BCUT2D eigenvalue weighted by molar-refractivity contribution is 5.92. The van der Waals surface area contributed by atoms with E-state index in [4.69, 9.17) is 9.73 Å². The molecule has 0 spiro atoms. The summed E-state index contributed by atoms with van der Waals surface area (Å²) in [6, 6.07) is 14.6. The Morgan fingerprint density at radius 3 is 2.59 bits per heavy atom. The summed E-state index contributed by atoms with van der Waals surface area (Å²) in [5.41, 5.74) is 6.58. The van der Waals surface area contributed by atoms with Crippen molar-refractivity contribution in [2.45, 2.75) is 51.6 Å². The molecule has 2 unspecified atom stereocenters. The molecule has 0 saturated carbocycles. The van der Waals surface area contributed by atoms with Gasteiger partial charge in [-0.1, -0.05) is 24.3 Å². The molecule has 2 aromatic rings. The quantitative estimate of drug-likeness (QED) is 0.574. The van der Waals surface area contributed by atoms with Gasteiger partial charge < -0.3 is 14.5 Å². The Morgan fingerprint density at radius 2 is 1.88 bits per heavy atom. The van der Waals surface area contributed by atoms with Crippen molar-refractivity contribution < 1.29 is 9.53 Å². The van der Waals surface area contributed by atoms with Crippen LogP contribution in [0.1, 0.15) is 49.3 Å². The van der Waals surface area contributed by atoms with Gasteiger partial charge in [0.2, 0.25) is 5.91 Å². The molecule has 0 bridgehead atoms. The first-order valence-corrected chi connectivity index (χ1v) is 12.0. The van der Waals surface area contributed by atoms with Crippen LogP contribution in [-0.4, -0.2) is 44.3 Å². The third-order valence-corrected chi connectivity index (χ3v) is 6.94. The van der Waals surface area contributed by atoms with Crippen molar-refractivity contribution in [3.8, 4) is 5.75 Å². The number of aryl methyl sites for hydroxylation is 1.